The molecule has 0 atom stereocenters. The van der Waals surface area contributed by atoms with Gasteiger partial charge in [-0.05, 0) is 37.1 Å². The lowest BCUT2D eigenvalue weighted by molar-refractivity contribution is 0.0919. The molecule has 1 fully saturated rings. The van der Waals surface area contributed by atoms with Crippen LogP contribution in [0, 0.1) is 0 Å². The van der Waals surface area contributed by atoms with Crippen molar-refractivity contribution in [3.63, 3.8) is 0 Å². The summed E-state index contributed by atoms with van der Waals surface area (Å²) >= 11 is 0. The first-order valence-corrected chi connectivity index (χ1v) is 7.20. The van der Waals surface area contributed by atoms with Crippen LogP contribution in [0.1, 0.15) is 29.2 Å². The molecule has 4 rings (SSSR count). The maximum absolute atomic E-state index is 11.8. The van der Waals surface area contributed by atoms with Crippen molar-refractivity contribution in [3.05, 3.63) is 41.9 Å². The van der Waals surface area contributed by atoms with Gasteiger partial charge in [-0.1, -0.05) is 0 Å². The molecular weight excluding hydrogens is 286 g/mol. The normalized spacial score (nSPS) is 15.6. The lowest BCUT2D eigenvalue weighted by Crippen LogP contribution is -2.24. The fourth-order valence-corrected chi connectivity index (χ4v) is 2.18. The van der Waals surface area contributed by atoms with Crippen molar-refractivity contribution < 1.29 is 23.4 Å². The second-order valence-electron chi connectivity index (χ2n) is 5.32. The summed E-state index contributed by atoms with van der Waals surface area (Å²) in [6.45, 7) is 0.479. The van der Waals surface area contributed by atoms with E-state index < -0.39 is 0 Å². The molecule has 1 amide bonds. The lowest BCUT2D eigenvalue weighted by Gasteiger charge is -2.05. The lowest BCUT2D eigenvalue weighted by atomic mass is 10.3. The SMILES string of the molecule is O=C(NC1CC1)c1ccc(COc2ccc3c(c2)OCO3)o1. The summed E-state index contributed by atoms with van der Waals surface area (Å²) in [6.07, 6.45) is 2.10. The number of nitrogens with one attached hydrogen (secondary N) is 1. The van der Waals surface area contributed by atoms with E-state index in [1.165, 1.54) is 0 Å². The van der Waals surface area contributed by atoms with Crippen LogP contribution in [0.2, 0.25) is 0 Å². The number of carbonyl (C=O) groups is 1. The number of furan rings is 1. The predicted molar refractivity (Wildman–Crippen MR) is 76.1 cm³/mol. The van der Waals surface area contributed by atoms with Crippen LogP contribution < -0.4 is 19.5 Å². The zero-order valence-electron chi connectivity index (χ0n) is 11.8. The van der Waals surface area contributed by atoms with Crippen LogP contribution in [0.25, 0.3) is 0 Å². The molecule has 1 aliphatic carbocycles. The minimum Gasteiger partial charge on any atom is -0.486 e. The van der Waals surface area contributed by atoms with E-state index in [1.807, 2.05) is 0 Å². The standard InChI is InChI=1S/C16H15NO5/c18-16(17-10-1-2-10)14-6-4-12(22-14)8-19-11-3-5-13-15(7-11)21-9-20-13/h3-7,10H,1-2,8-9H2,(H,17,18). The van der Waals surface area contributed by atoms with Gasteiger partial charge >= 0.3 is 0 Å². The van der Waals surface area contributed by atoms with Crippen molar-refractivity contribution >= 4 is 5.91 Å². The third kappa shape index (κ3) is 2.72. The Morgan fingerprint density at radius 1 is 1.18 bits per heavy atom. The fraction of sp³-hybridized carbons (Fsp3) is 0.312. The van der Waals surface area contributed by atoms with Crippen LogP contribution in [0.4, 0.5) is 0 Å². The number of carbonyl (C=O) groups excluding carboxylic acids is 1. The zero-order chi connectivity index (χ0) is 14.9. The third-order valence-electron chi connectivity index (χ3n) is 3.52. The van der Waals surface area contributed by atoms with Crippen LogP contribution in [0.15, 0.2) is 34.7 Å². The number of rotatable bonds is 5. The minimum atomic E-state index is -0.170. The molecule has 22 heavy (non-hydrogen) atoms. The summed E-state index contributed by atoms with van der Waals surface area (Å²) in [6, 6.07) is 9.09. The molecule has 2 aliphatic rings. The van der Waals surface area contributed by atoms with Crippen LogP contribution >= 0.6 is 0 Å². The Morgan fingerprint density at radius 2 is 2.05 bits per heavy atom. The van der Waals surface area contributed by atoms with E-state index in [0.29, 0.717) is 34.8 Å². The van der Waals surface area contributed by atoms with Gasteiger partial charge in [-0.15, -0.1) is 0 Å². The van der Waals surface area contributed by atoms with Crippen LogP contribution in [-0.2, 0) is 6.61 Å². The molecule has 2 heterocycles. The topological polar surface area (TPSA) is 69.9 Å². The molecule has 0 spiro atoms. The first kappa shape index (κ1) is 13.1. The number of hydrogen-bond acceptors (Lipinski definition) is 5. The third-order valence-corrected chi connectivity index (χ3v) is 3.52. The highest BCUT2D eigenvalue weighted by Crippen LogP contribution is 2.35. The van der Waals surface area contributed by atoms with E-state index in [-0.39, 0.29) is 19.3 Å². The highest BCUT2D eigenvalue weighted by molar-refractivity contribution is 5.91. The van der Waals surface area contributed by atoms with Gasteiger partial charge in [0.25, 0.3) is 5.91 Å². The smallest absolute Gasteiger partial charge is 0.287 e. The maximum Gasteiger partial charge on any atom is 0.287 e. The number of benzene rings is 1. The molecule has 1 aliphatic heterocycles. The second kappa shape index (κ2) is 5.29. The molecule has 2 aromatic rings. The highest BCUT2D eigenvalue weighted by Gasteiger charge is 2.25. The molecule has 0 unspecified atom stereocenters. The van der Waals surface area contributed by atoms with Crippen molar-refractivity contribution in [2.75, 3.05) is 6.79 Å². The number of hydrogen-bond donors (Lipinski definition) is 1. The Kier molecular flexibility index (Phi) is 3.14. The van der Waals surface area contributed by atoms with E-state index in [0.717, 1.165) is 12.8 Å². The molecule has 0 radical (unpaired) electrons. The van der Waals surface area contributed by atoms with Gasteiger partial charge in [-0.3, -0.25) is 4.79 Å². The average Bonchev–Trinajstić information content (AvgIpc) is 3.05. The average molecular weight is 301 g/mol. The molecular formula is C16H15NO5. The second-order valence-corrected chi connectivity index (χ2v) is 5.32. The van der Waals surface area contributed by atoms with E-state index in [4.69, 9.17) is 18.6 Å². The van der Waals surface area contributed by atoms with Crippen molar-refractivity contribution in [1.82, 2.24) is 5.32 Å². The predicted octanol–water partition coefficient (Wildman–Crippen LogP) is 2.48. The summed E-state index contributed by atoms with van der Waals surface area (Å²) in [5.74, 6) is 2.78. The first-order valence-electron chi connectivity index (χ1n) is 7.20. The molecule has 0 bridgehead atoms. The van der Waals surface area contributed by atoms with Crippen molar-refractivity contribution in [1.29, 1.82) is 0 Å². The minimum absolute atomic E-state index is 0.170. The fourth-order valence-electron chi connectivity index (χ4n) is 2.18. The molecule has 1 saturated carbocycles. The Morgan fingerprint density at radius 3 is 2.91 bits per heavy atom. The van der Waals surface area contributed by atoms with Crippen molar-refractivity contribution in [2.24, 2.45) is 0 Å². The molecule has 114 valence electrons. The first-order chi connectivity index (χ1) is 10.8. The largest absolute Gasteiger partial charge is 0.486 e. The summed E-state index contributed by atoms with van der Waals surface area (Å²) < 4.78 is 21.7. The monoisotopic (exact) mass is 301 g/mol. The van der Waals surface area contributed by atoms with Gasteiger partial charge in [0.2, 0.25) is 6.79 Å². The summed E-state index contributed by atoms with van der Waals surface area (Å²) in [5.41, 5.74) is 0. The number of ether oxygens (including phenoxy) is 3. The molecule has 1 aromatic carbocycles. The van der Waals surface area contributed by atoms with Gasteiger partial charge < -0.3 is 23.9 Å². The Bertz CT molecular complexity index is 704. The van der Waals surface area contributed by atoms with Gasteiger partial charge in [0.15, 0.2) is 17.3 Å². The Balaban J connectivity index is 1.37. The van der Waals surface area contributed by atoms with Crippen LogP contribution in [-0.4, -0.2) is 18.7 Å². The Labute approximate surface area is 127 Å². The van der Waals surface area contributed by atoms with E-state index >= 15 is 0 Å². The van der Waals surface area contributed by atoms with Crippen molar-refractivity contribution in [3.8, 4) is 17.2 Å². The Hall–Kier alpha value is -2.63. The van der Waals surface area contributed by atoms with E-state index in [9.17, 15) is 4.79 Å². The van der Waals surface area contributed by atoms with Gasteiger partial charge in [-0.25, -0.2) is 0 Å². The van der Waals surface area contributed by atoms with Crippen LogP contribution in [0.3, 0.4) is 0 Å². The molecule has 6 heteroatoms. The number of fused-ring (bicyclic) bond motifs is 1. The summed E-state index contributed by atoms with van der Waals surface area (Å²) in [7, 11) is 0. The molecule has 1 aromatic heterocycles. The molecule has 1 N–H and O–H groups in total. The van der Waals surface area contributed by atoms with E-state index in [2.05, 4.69) is 5.32 Å². The van der Waals surface area contributed by atoms with Crippen LogP contribution in [0.5, 0.6) is 17.2 Å². The van der Waals surface area contributed by atoms with Gasteiger partial charge in [-0.2, -0.15) is 0 Å². The highest BCUT2D eigenvalue weighted by atomic mass is 16.7. The zero-order valence-corrected chi connectivity index (χ0v) is 11.8. The van der Waals surface area contributed by atoms with Gasteiger partial charge in [0, 0.05) is 12.1 Å². The summed E-state index contributed by atoms with van der Waals surface area (Å²) in [5, 5.41) is 2.88. The number of amides is 1. The molecule has 0 saturated heterocycles. The quantitative estimate of drug-likeness (QED) is 0.918. The van der Waals surface area contributed by atoms with Gasteiger partial charge in [0.1, 0.15) is 18.1 Å². The summed E-state index contributed by atoms with van der Waals surface area (Å²) in [4.78, 5) is 11.8. The maximum atomic E-state index is 11.8. The van der Waals surface area contributed by atoms with Gasteiger partial charge in [0.05, 0.1) is 0 Å². The van der Waals surface area contributed by atoms with E-state index in [1.54, 1.807) is 30.3 Å². The molecule has 6 nitrogen and oxygen atoms in total. The van der Waals surface area contributed by atoms with Crippen molar-refractivity contribution in [2.45, 2.75) is 25.5 Å².